The molecule has 2 aliphatic rings. The van der Waals surface area contributed by atoms with Gasteiger partial charge in [0.15, 0.2) is 0 Å². The molecular formula is C16H16N2O3S3. The van der Waals surface area contributed by atoms with E-state index in [0.29, 0.717) is 20.0 Å². The van der Waals surface area contributed by atoms with Gasteiger partial charge >= 0.3 is 0 Å². The molecule has 5 nitrogen and oxygen atoms in total. The van der Waals surface area contributed by atoms with Gasteiger partial charge in [0.05, 0.1) is 9.83 Å². The third-order valence-electron chi connectivity index (χ3n) is 3.98. The minimum atomic E-state index is -0.413. The van der Waals surface area contributed by atoms with Crippen LogP contribution in [0.3, 0.4) is 0 Å². The van der Waals surface area contributed by atoms with Crippen molar-refractivity contribution < 1.29 is 9.72 Å². The van der Waals surface area contributed by atoms with Crippen molar-refractivity contribution in [2.45, 2.75) is 42.2 Å². The Morgan fingerprint density at radius 1 is 1.33 bits per heavy atom. The lowest BCUT2D eigenvalue weighted by Gasteiger charge is -2.21. The highest BCUT2D eigenvalue weighted by atomic mass is 32.2. The van der Waals surface area contributed by atoms with Crippen LogP contribution in [0, 0.1) is 10.1 Å². The van der Waals surface area contributed by atoms with Crippen LogP contribution in [0.1, 0.15) is 37.7 Å². The lowest BCUT2D eigenvalue weighted by molar-refractivity contribution is -0.384. The molecule has 1 aromatic carbocycles. The van der Waals surface area contributed by atoms with E-state index in [1.165, 1.54) is 43.2 Å². The van der Waals surface area contributed by atoms with Crippen molar-refractivity contribution in [3.8, 4) is 0 Å². The molecule has 1 saturated heterocycles. The molecule has 24 heavy (non-hydrogen) atoms. The predicted molar refractivity (Wildman–Crippen MR) is 102 cm³/mol. The number of amides is 1. The second-order valence-electron chi connectivity index (χ2n) is 5.71. The van der Waals surface area contributed by atoms with Crippen molar-refractivity contribution >= 4 is 57.7 Å². The summed E-state index contributed by atoms with van der Waals surface area (Å²) in [5.74, 6) is -0.245. The zero-order chi connectivity index (χ0) is 17.1. The standard InChI is InChI=1S/C16H16N2O3S3/c19-15-14(24-16(22)17-15)9-10-8-11(18(20)21)6-7-13(10)23-12-4-2-1-3-5-12/h6-9,12H,1-5H2,(H,17,19,22)/b14-9+. The number of hydrogen-bond donors (Lipinski definition) is 1. The van der Waals surface area contributed by atoms with Crippen LogP contribution in [0.25, 0.3) is 6.08 Å². The maximum absolute atomic E-state index is 11.9. The van der Waals surface area contributed by atoms with Crippen LogP contribution < -0.4 is 5.32 Å². The predicted octanol–water partition coefficient (Wildman–Crippen LogP) is 4.51. The molecule has 0 bridgehead atoms. The summed E-state index contributed by atoms with van der Waals surface area (Å²) in [7, 11) is 0. The molecule has 0 spiro atoms. The van der Waals surface area contributed by atoms with Gasteiger partial charge in [-0.05, 0) is 30.5 Å². The normalized spacial score (nSPS) is 20.4. The number of thioether (sulfide) groups is 2. The van der Waals surface area contributed by atoms with Crippen molar-refractivity contribution in [2.75, 3.05) is 0 Å². The van der Waals surface area contributed by atoms with Gasteiger partial charge in [0.2, 0.25) is 0 Å². The molecule has 1 saturated carbocycles. The number of non-ortho nitro benzene ring substituents is 1. The number of nitro benzene ring substituents is 1. The second-order valence-corrected chi connectivity index (χ2v) is 8.77. The Morgan fingerprint density at radius 3 is 2.71 bits per heavy atom. The molecule has 1 heterocycles. The number of nitro groups is 1. The third kappa shape index (κ3) is 4.17. The van der Waals surface area contributed by atoms with E-state index in [9.17, 15) is 14.9 Å². The van der Waals surface area contributed by atoms with Crippen molar-refractivity contribution in [2.24, 2.45) is 0 Å². The van der Waals surface area contributed by atoms with E-state index in [1.807, 2.05) is 0 Å². The van der Waals surface area contributed by atoms with Gasteiger partial charge in [0, 0.05) is 22.3 Å². The number of nitrogens with one attached hydrogen (secondary N) is 1. The minimum Gasteiger partial charge on any atom is -0.307 e. The highest BCUT2D eigenvalue weighted by molar-refractivity contribution is 8.26. The monoisotopic (exact) mass is 380 g/mol. The van der Waals surface area contributed by atoms with Crippen LogP contribution >= 0.6 is 35.7 Å². The molecule has 0 atom stereocenters. The SMILES string of the molecule is O=C1NC(=S)S/C1=C/c1cc([N+](=O)[O-])ccc1SC1CCCCC1. The maximum Gasteiger partial charge on any atom is 0.270 e. The Bertz CT molecular complexity index is 727. The van der Waals surface area contributed by atoms with Gasteiger partial charge < -0.3 is 5.32 Å². The Kier molecular flexibility index (Phi) is 5.57. The van der Waals surface area contributed by atoms with Crippen molar-refractivity contribution in [1.82, 2.24) is 5.32 Å². The number of hydrogen-bond acceptors (Lipinski definition) is 6. The molecule has 1 aromatic rings. The van der Waals surface area contributed by atoms with Crippen molar-refractivity contribution in [3.05, 3.63) is 38.8 Å². The average molecular weight is 381 g/mol. The maximum atomic E-state index is 11.9. The molecule has 8 heteroatoms. The van der Waals surface area contributed by atoms with E-state index < -0.39 is 4.92 Å². The van der Waals surface area contributed by atoms with Crippen LogP contribution in [-0.4, -0.2) is 20.4 Å². The highest BCUT2D eigenvalue weighted by Crippen LogP contribution is 2.38. The summed E-state index contributed by atoms with van der Waals surface area (Å²) in [6.45, 7) is 0. The zero-order valence-electron chi connectivity index (χ0n) is 12.8. The van der Waals surface area contributed by atoms with E-state index in [2.05, 4.69) is 5.32 Å². The Labute approximate surface area is 153 Å². The molecule has 1 amide bonds. The first-order valence-corrected chi connectivity index (χ1v) is 9.83. The van der Waals surface area contributed by atoms with Crippen LogP contribution in [-0.2, 0) is 4.79 Å². The van der Waals surface area contributed by atoms with E-state index in [0.717, 1.165) is 17.7 Å². The van der Waals surface area contributed by atoms with Gasteiger partial charge in [0.1, 0.15) is 4.32 Å². The first kappa shape index (κ1) is 17.4. The van der Waals surface area contributed by atoms with Crippen LogP contribution in [0.4, 0.5) is 5.69 Å². The molecule has 2 fully saturated rings. The fraction of sp³-hybridized carbons (Fsp3) is 0.375. The number of rotatable bonds is 4. The quantitative estimate of drug-likeness (QED) is 0.359. The molecular weight excluding hydrogens is 364 g/mol. The van der Waals surface area contributed by atoms with Crippen molar-refractivity contribution in [1.29, 1.82) is 0 Å². The average Bonchev–Trinajstić information content (AvgIpc) is 2.87. The summed E-state index contributed by atoms with van der Waals surface area (Å²) < 4.78 is 0.415. The van der Waals surface area contributed by atoms with E-state index >= 15 is 0 Å². The van der Waals surface area contributed by atoms with Gasteiger partial charge in [-0.3, -0.25) is 14.9 Å². The van der Waals surface area contributed by atoms with Gasteiger partial charge in [-0.25, -0.2) is 0 Å². The number of carbonyl (C=O) groups excluding carboxylic acids is 1. The second kappa shape index (κ2) is 7.67. The first-order valence-electron chi connectivity index (χ1n) is 7.73. The lowest BCUT2D eigenvalue weighted by atomic mass is 10.0. The minimum absolute atomic E-state index is 0.0285. The summed E-state index contributed by atoms with van der Waals surface area (Å²) in [5, 5.41) is 14.2. The fourth-order valence-corrected chi connectivity index (χ4v) is 5.16. The summed E-state index contributed by atoms with van der Waals surface area (Å²) >= 11 is 7.94. The smallest absolute Gasteiger partial charge is 0.270 e. The third-order valence-corrected chi connectivity index (χ3v) is 6.57. The molecule has 126 valence electrons. The van der Waals surface area contributed by atoms with E-state index in [-0.39, 0.29) is 11.6 Å². The van der Waals surface area contributed by atoms with Gasteiger partial charge in [-0.1, -0.05) is 43.2 Å². The molecule has 0 unspecified atom stereocenters. The summed E-state index contributed by atoms with van der Waals surface area (Å²) in [4.78, 5) is 24.0. The summed E-state index contributed by atoms with van der Waals surface area (Å²) in [5.41, 5.74) is 0.739. The lowest BCUT2D eigenvalue weighted by Crippen LogP contribution is -2.17. The first-order chi connectivity index (χ1) is 11.5. The molecule has 0 radical (unpaired) electrons. The van der Waals surface area contributed by atoms with Crippen molar-refractivity contribution in [3.63, 3.8) is 0 Å². The molecule has 1 N–H and O–H groups in total. The van der Waals surface area contributed by atoms with Gasteiger partial charge in [0.25, 0.3) is 11.6 Å². The summed E-state index contributed by atoms with van der Waals surface area (Å²) in [6, 6.07) is 4.85. The number of carbonyl (C=O) groups is 1. The van der Waals surface area contributed by atoms with Gasteiger partial charge in [-0.2, -0.15) is 0 Å². The Balaban J connectivity index is 1.92. The fourth-order valence-electron chi connectivity index (χ4n) is 2.79. The number of benzene rings is 1. The van der Waals surface area contributed by atoms with E-state index in [1.54, 1.807) is 23.9 Å². The van der Waals surface area contributed by atoms with Crippen LogP contribution in [0.5, 0.6) is 0 Å². The largest absolute Gasteiger partial charge is 0.307 e. The number of thiocarbonyl (C=S) groups is 1. The van der Waals surface area contributed by atoms with Gasteiger partial charge in [-0.15, -0.1) is 11.8 Å². The molecule has 1 aliphatic heterocycles. The molecule has 0 aromatic heterocycles. The Morgan fingerprint density at radius 2 is 2.08 bits per heavy atom. The highest BCUT2D eigenvalue weighted by Gasteiger charge is 2.24. The zero-order valence-corrected chi connectivity index (χ0v) is 15.3. The molecule has 3 rings (SSSR count). The summed E-state index contributed by atoms with van der Waals surface area (Å²) in [6.07, 6.45) is 7.77. The van der Waals surface area contributed by atoms with Crippen LogP contribution in [0.15, 0.2) is 28.0 Å². The Hall–Kier alpha value is -1.38. The van der Waals surface area contributed by atoms with Crippen LogP contribution in [0.2, 0.25) is 0 Å². The number of nitrogens with zero attached hydrogens (tertiary/aromatic N) is 1. The topological polar surface area (TPSA) is 72.2 Å². The van der Waals surface area contributed by atoms with E-state index in [4.69, 9.17) is 12.2 Å². The molecule has 1 aliphatic carbocycles.